The van der Waals surface area contributed by atoms with Gasteiger partial charge < -0.3 is 5.11 Å². The van der Waals surface area contributed by atoms with Crippen molar-refractivity contribution in [2.75, 3.05) is 24.7 Å². The van der Waals surface area contributed by atoms with E-state index in [1.165, 1.54) is 0 Å². The second kappa shape index (κ2) is 8.97. The molecule has 19 heavy (non-hydrogen) atoms. The summed E-state index contributed by atoms with van der Waals surface area (Å²) in [5, 5.41) is 9.33. The summed E-state index contributed by atoms with van der Waals surface area (Å²) in [5.41, 5.74) is 1.04. The first-order valence-corrected chi connectivity index (χ1v) is 9.69. The maximum absolute atomic E-state index is 11.9. The lowest BCUT2D eigenvalue weighted by molar-refractivity contribution is 0.296. The number of sulfonamides is 1. The third-order valence-electron chi connectivity index (χ3n) is 2.37. The second-order valence-corrected chi connectivity index (χ2v) is 7.42. The van der Waals surface area contributed by atoms with E-state index in [-0.39, 0.29) is 11.5 Å². The van der Waals surface area contributed by atoms with Gasteiger partial charge in [0.05, 0.1) is 4.90 Å². The Hall–Kier alpha value is -0.0800. The molecule has 1 aromatic rings. The second-order valence-electron chi connectivity index (χ2n) is 3.86. The van der Waals surface area contributed by atoms with E-state index < -0.39 is 10.0 Å². The summed E-state index contributed by atoms with van der Waals surface area (Å²) in [6.07, 6.45) is 0.741. The van der Waals surface area contributed by atoms with Crippen LogP contribution in [0.3, 0.4) is 0 Å². The summed E-state index contributed by atoms with van der Waals surface area (Å²) in [7, 11) is -3.41. The van der Waals surface area contributed by atoms with Crippen LogP contribution >= 0.6 is 27.7 Å². The normalized spacial score (nSPS) is 11.7. The molecule has 0 aliphatic rings. The van der Waals surface area contributed by atoms with Crippen molar-refractivity contribution in [1.29, 1.82) is 0 Å². The van der Waals surface area contributed by atoms with Crippen LogP contribution in [0.5, 0.6) is 0 Å². The van der Waals surface area contributed by atoms with Gasteiger partial charge in [-0.15, -0.1) is 0 Å². The van der Waals surface area contributed by atoms with Crippen molar-refractivity contribution < 1.29 is 13.5 Å². The summed E-state index contributed by atoms with van der Waals surface area (Å²) in [4.78, 5) is 0.289. The molecule has 2 N–H and O–H groups in total. The molecule has 7 heteroatoms. The van der Waals surface area contributed by atoms with E-state index in [2.05, 4.69) is 20.7 Å². The fraction of sp³-hybridized carbons (Fsp3) is 0.500. The molecule has 0 atom stereocenters. The van der Waals surface area contributed by atoms with Crippen molar-refractivity contribution in [3.8, 4) is 0 Å². The van der Waals surface area contributed by atoms with E-state index in [1.807, 2.05) is 0 Å². The Morgan fingerprint density at radius 2 is 1.89 bits per heavy atom. The fourth-order valence-corrected chi connectivity index (χ4v) is 3.68. The highest BCUT2D eigenvalue weighted by Crippen LogP contribution is 2.12. The number of halogens is 1. The quantitative estimate of drug-likeness (QED) is 0.517. The number of thioether (sulfide) groups is 1. The van der Waals surface area contributed by atoms with Gasteiger partial charge in [-0.05, 0) is 29.9 Å². The zero-order valence-corrected chi connectivity index (χ0v) is 13.7. The Balaban J connectivity index is 2.42. The van der Waals surface area contributed by atoms with Crippen molar-refractivity contribution >= 4 is 37.7 Å². The van der Waals surface area contributed by atoms with Gasteiger partial charge in [0.2, 0.25) is 10.0 Å². The van der Waals surface area contributed by atoms with Gasteiger partial charge >= 0.3 is 0 Å². The average Bonchev–Trinajstić information content (AvgIpc) is 2.43. The molecule has 0 saturated carbocycles. The molecule has 0 aliphatic carbocycles. The molecule has 0 amide bonds. The topological polar surface area (TPSA) is 66.4 Å². The van der Waals surface area contributed by atoms with Crippen LogP contribution in [0.15, 0.2) is 29.2 Å². The first kappa shape index (κ1) is 17.0. The summed E-state index contributed by atoms with van der Waals surface area (Å²) >= 11 is 4.95. The molecule has 0 radical (unpaired) electrons. The minimum Gasteiger partial charge on any atom is -0.396 e. The standard InChI is InChI=1S/C12H18BrNO3S2/c13-10-11-2-4-12(5-3-11)19(16,17)14-6-9-18-8-1-7-15/h2-5,14-15H,1,6-10H2. The van der Waals surface area contributed by atoms with Gasteiger partial charge in [-0.25, -0.2) is 13.1 Å². The zero-order chi connectivity index (χ0) is 14.1. The summed E-state index contributed by atoms with van der Waals surface area (Å²) in [5.74, 6) is 1.55. The lowest BCUT2D eigenvalue weighted by Gasteiger charge is -2.07. The molecule has 0 fully saturated rings. The molecule has 1 aromatic carbocycles. The fourth-order valence-electron chi connectivity index (χ4n) is 1.36. The molecule has 0 unspecified atom stereocenters. The molecular formula is C12H18BrNO3S2. The van der Waals surface area contributed by atoms with E-state index in [9.17, 15) is 8.42 Å². The number of aliphatic hydroxyl groups excluding tert-OH is 1. The predicted molar refractivity (Wildman–Crippen MR) is 83.3 cm³/mol. The van der Waals surface area contributed by atoms with Crippen LogP contribution in [0, 0.1) is 0 Å². The first-order valence-electron chi connectivity index (χ1n) is 5.93. The van der Waals surface area contributed by atoms with Crippen LogP contribution < -0.4 is 4.72 Å². The lowest BCUT2D eigenvalue weighted by atomic mass is 10.2. The van der Waals surface area contributed by atoms with Gasteiger partial charge in [0.1, 0.15) is 0 Å². The predicted octanol–water partition coefficient (Wildman–Crippen LogP) is 1.98. The third-order valence-corrected chi connectivity index (χ3v) is 5.57. The molecule has 4 nitrogen and oxygen atoms in total. The minimum atomic E-state index is -3.41. The van der Waals surface area contributed by atoms with E-state index in [4.69, 9.17) is 5.11 Å². The van der Waals surface area contributed by atoms with Gasteiger partial charge in [-0.1, -0.05) is 28.1 Å². The van der Waals surface area contributed by atoms with Crippen molar-refractivity contribution in [2.24, 2.45) is 0 Å². The number of aliphatic hydroxyl groups is 1. The van der Waals surface area contributed by atoms with Crippen molar-refractivity contribution in [3.05, 3.63) is 29.8 Å². The van der Waals surface area contributed by atoms with E-state index in [0.717, 1.165) is 17.7 Å². The van der Waals surface area contributed by atoms with Gasteiger partial charge in [0.25, 0.3) is 0 Å². The molecule has 0 aromatic heterocycles. The molecule has 108 valence electrons. The average molecular weight is 368 g/mol. The van der Waals surface area contributed by atoms with Crippen LogP contribution in [-0.4, -0.2) is 38.2 Å². The van der Waals surface area contributed by atoms with Gasteiger partial charge in [0.15, 0.2) is 0 Å². The monoisotopic (exact) mass is 367 g/mol. The molecule has 1 rings (SSSR count). The number of rotatable bonds is 9. The number of benzene rings is 1. The zero-order valence-electron chi connectivity index (χ0n) is 10.5. The lowest BCUT2D eigenvalue weighted by Crippen LogP contribution is -2.26. The van der Waals surface area contributed by atoms with Gasteiger partial charge in [-0.3, -0.25) is 0 Å². The maximum atomic E-state index is 11.9. The maximum Gasteiger partial charge on any atom is 0.240 e. The molecule has 0 spiro atoms. The van der Waals surface area contributed by atoms with Crippen molar-refractivity contribution in [2.45, 2.75) is 16.6 Å². The molecule has 0 heterocycles. The highest BCUT2D eigenvalue weighted by molar-refractivity contribution is 9.08. The Labute approximate surface area is 127 Å². The van der Waals surface area contributed by atoms with Crippen molar-refractivity contribution in [1.82, 2.24) is 4.72 Å². The Bertz CT molecular complexity index is 462. The van der Waals surface area contributed by atoms with E-state index in [1.54, 1.807) is 36.0 Å². The van der Waals surface area contributed by atoms with Crippen LogP contribution in [0.4, 0.5) is 0 Å². The minimum absolute atomic E-state index is 0.179. The van der Waals surface area contributed by atoms with Crippen molar-refractivity contribution in [3.63, 3.8) is 0 Å². The Morgan fingerprint density at radius 1 is 1.21 bits per heavy atom. The van der Waals surface area contributed by atoms with Gasteiger partial charge in [0, 0.05) is 24.2 Å². The van der Waals surface area contributed by atoms with Gasteiger partial charge in [-0.2, -0.15) is 11.8 Å². The van der Waals surface area contributed by atoms with Crippen LogP contribution in [-0.2, 0) is 15.4 Å². The van der Waals surface area contributed by atoms with Crippen LogP contribution in [0.2, 0.25) is 0 Å². The number of nitrogens with one attached hydrogen (secondary N) is 1. The third kappa shape index (κ3) is 6.27. The number of hydrogen-bond donors (Lipinski definition) is 2. The number of alkyl halides is 1. The van der Waals surface area contributed by atoms with E-state index >= 15 is 0 Å². The number of hydrogen-bond acceptors (Lipinski definition) is 4. The molecular weight excluding hydrogens is 350 g/mol. The first-order chi connectivity index (χ1) is 9.10. The summed E-state index contributed by atoms with van der Waals surface area (Å²) in [6.45, 7) is 0.581. The molecule has 0 bridgehead atoms. The summed E-state index contributed by atoms with van der Waals surface area (Å²) < 4.78 is 26.5. The SMILES string of the molecule is O=S(=O)(NCCSCCCO)c1ccc(CBr)cc1. The molecule has 0 saturated heterocycles. The van der Waals surface area contributed by atoms with E-state index in [0.29, 0.717) is 17.6 Å². The Morgan fingerprint density at radius 3 is 2.47 bits per heavy atom. The summed E-state index contributed by atoms with van der Waals surface area (Å²) in [6, 6.07) is 6.80. The Kier molecular flexibility index (Phi) is 8.01. The highest BCUT2D eigenvalue weighted by Gasteiger charge is 2.12. The smallest absolute Gasteiger partial charge is 0.240 e. The molecule has 0 aliphatic heterocycles. The largest absolute Gasteiger partial charge is 0.396 e. The highest BCUT2D eigenvalue weighted by atomic mass is 79.9. The van der Waals surface area contributed by atoms with Crippen LogP contribution in [0.1, 0.15) is 12.0 Å². The van der Waals surface area contributed by atoms with Crippen LogP contribution in [0.25, 0.3) is 0 Å².